The van der Waals surface area contributed by atoms with Crippen molar-refractivity contribution in [2.75, 3.05) is 38.5 Å². The van der Waals surface area contributed by atoms with Gasteiger partial charge in [0.15, 0.2) is 0 Å². The van der Waals surface area contributed by atoms with Gasteiger partial charge in [-0.25, -0.2) is 4.98 Å². The summed E-state index contributed by atoms with van der Waals surface area (Å²) < 4.78 is 10.8. The third-order valence-electron chi connectivity index (χ3n) is 4.82. The Morgan fingerprint density at radius 2 is 2.09 bits per heavy atom. The van der Waals surface area contributed by atoms with Crippen LogP contribution in [0.3, 0.4) is 0 Å². The minimum absolute atomic E-state index is 0.0714. The fraction of sp³-hybridized carbons (Fsp3) is 0.308. The maximum Gasteiger partial charge on any atom is 0.124 e. The second kappa shape index (κ2) is 14.5. The highest BCUT2D eigenvalue weighted by molar-refractivity contribution is 5.82. The van der Waals surface area contributed by atoms with E-state index in [4.69, 9.17) is 19.6 Å². The van der Waals surface area contributed by atoms with E-state index < -0.39 is 0 Å². The van der Waals surface area contributed by atoms with Crippen molar-refractivity contribution in [2.24, 2.45) is 0 Å². The minimum atomic E-state index is -0.189. The van der Waals surface area contributed by atoms with Crippen LogP contribution in [-0.4, -0.2) is 53.8 Å². The lowest BCUT2D eigenvalue weighted by molar-refractivity contribution is 0.239. The Morgan fingerprint density at radius 1 is 1.26 bits per heavy atom. The van der Waals surface area contributed by atoms with Crippen LogP contribution in [0, 0.1) is 0 Å². The van der Waals surface area contributed by atoms with E-state index in [2.05, 4.69) is 21.8 Å². The number of aliphatic hydroxyl groups excluding tert-OH is 2. The predicted octanol–water partition coefficient (Wildman–Crippen LogP) is 3.87. The van der Waals surface area contributed by atoms with Gasteiger partial charge in [0.25, 0.3) is 0 Å². The summed E-state index contributed by atoms with van der Waals surface area (Å²) in [5.41, 5.74) is 4.63. The summed E-state index contributed by atoms with van der Waals surface area (Å²) in [4.78, 5) is 11.4. The third kappa shape index (κ3) is 7.47. The van der Waals surface area contributed by atoms with E-state index in [0.717, 1.165) is 16.9 Å². The molecular formula is C26H34N4O4. The number of nitrogens with zero attached hydrogens (tertiary/aromatic N) is 3. The standard InChI is InChI=1S/C26H34N4O4/c1-5-20(17-27-19-32)26-18-28-24-10-9-22(16-25(24)29-26)30(12-8-13-31)21(6-2)15-23(34-7-3)11-14-33-4/h5-6,9-11,14-18,27,31-32H,1,7-8,12-13,19H2,2-4H3/b14-11+,20-17+,21-6+,23-15+. The number of methoxy groups -OCH3 is 1. The Labute approximate surface area is 201 Å². The fourth-order valence-corrected chi connectivity index (χ4v) is 3.24. The maximum atomic E-state index is 9.49. The first kappa shape index (κ1) is 26.6. The van der Waals surface area contributed by atoms with Gasteiger partial charge in [-0.05, 0) is 38.5 Å². The molecule has 0 radical (unpaired) electrons. The second-order valence-electron chi connectivity index (χ2n) is 7.05. The molecule has 8 nitrogen and oxygen atoms in total. The second-order valence-corrected chi connectivity index (χ2v) is 7.05. The molecule has 0 atom stereocenters. The van der Waals surface area contributed by atoms with Crippen molar-refractivity contribution in [1.29, 1.82) is 0 Å². The third-order valence-corrected chi connectivity index (χ3v) is 4.82. The van der Waals surface area contributed by atoms with Gasteiger partial charge in [-0.1, -0.05) is 18.7 Å². The topological polar surface area (TPSA) is 100.0 Å². The predicted molar refractivity (Wildman–Crippen MR) is 137 cm³/mol. The summed E-state index contributed by atoms with van der Waals surface area (Å²) in [6.07, 6.45) is 12.8. The molecule has 1 aromatic heterocycles. The number of aromatic nitrogens is 2. The first-order valence-corrected chi connectivity index (χ1v) is 11.1. The van der Waals surface area contributed by atoms with Crippen LogP contribution in [0.4, 0.5) is 5.69 Å². The molecule has 8 heteroatoms. The first-order valence-electron chi connectivity index (χ1n) is 11.1. The van der Waals surface area contributed by atoms with Gasteiger partial charge < -0.3 is 29.9 Å². The zero-order valence-electron chi connectivity index (χ0n) is 20.1. The smallest absolute Gasteiger partial charge is 0.124 e. The van der Waals surface area contributed by atoms with Gasteiger partial charge in [-0.15, -0.1) is 0 Å². The minimum Gasteiger partial charge on any atom is -0.504 e. The van der Waals surface area contributed by atoms with Gasteiger partial charge in [0.2, 0.25) is 0 Å². The van der Waals surface area contributed by atoms with Crippen LogP contribution in [0.15, 0.2) is 79.2 Å². The summed E-state index contributed by atoms with van der Waals surface area (Å²) >= 11 is 0. The molecule has 1 aromatic carbocycles. The number of nitrogens with one attached hydrogen (secondary N) is 1. The number of hydrogen-bond acceptors (Lipinski definition) is 8. The van der Waals surface area contributed by atoms with E-state index in [1.807, 2.05) is 44.2 Å². The van der Waals surface area contributed by atoms with Crippen molar-refractivity contribution >= 4 is 22.3 Å². The van der Waals surface area contributed by atoms with Crippen LogP contribution in [0.25, 0.3) is 16.6 Å². The highest BCUT2D eigenvalue weighted by atomic mass is 16.5. The van der Waals surface area contributed by atoms with E-state index in [1.165, 1.54) is 0 Å². The molecule has 0 amide bonds. The molecule has 3 N–H and O–H groups in total. The summed E-state index contributed by atoms with van der Waals surface area (Å²) in [7, 11) is 1.58. The zero-order chi connectivity index (χ0) is 24.8. The summed E-state index contributed by atoms with van der Waals surface area (Å²) in [5, 5.41) is 21.3. The number of hydrogen-bond donors (Lipinski definition) is 3. The number of rotatable bonds is 14. The molecule has 0 aliphatic carbocycles. The average molecular weight is 467 g/mol. The number of fused-ring (bicyclic) bond motifs is 1. The summed E-state index contributed by atoms with van der Waals surface area (Å²) in [6, 6.07) is 5.86. The lowest BCUT2D eigenvalue weighted by Gasteiger charge is -2.26. The monoisotopic (exact) mass is 466 g/mol. The number of ether oxygens (including phenoxy) is 2. The summed E-state index contributed by atoms with van der Waals surface area (Å²) in [5.74, 6) is 0.659. The van der Waals surface area contributed by atoms with Crippen LogP contribution in [-0.2, 0) is 9.47 Å². The fourth-order valence-electron chi connectivity index (χ4n) is 3.24. The van der Waals surface area contributed by atoms with Gasteiger partial charge in [0, 0.05) is 48.5 Å². The van der Waals surface area contributed by atoms with Gasteiger partial charge >= 0.3 is 0 Å². The van der Waals surface area contributed by atoms with Crippen LogP contribution in [0.5, 0.6) is 0 Å². The van der Waals surface area contributed by atoms with Crippen molar-refractivity contribution in [1.82, 2.24) is 15.3 Å². The highest BCUT2D eigenvalue weighted by Gasteiger charge is 2.13. The van der Waals surface area contributed by atoms with Gasteiger partial charge in [-0.2, -0.15) is 0 Å². The van der Waals surface area contributed by atoms with Crippen LogP contribution >= 0.6 is 0 Å². The molecule has 0 unspecified atom stereocenters. The molecule has 0 aliphatic rings. The molecule has 34 heavy (non-hydrogen) atoms. The Hall–Kier alpha value is -3.62. The molecule has 1 heterocycles. The Bertz CT molecular complexity index is 1060. The van der Waals surface area contributed by atoms with E-state index in [0.29, 0.717) is 42.1 Å². The summed E-state index contributed by atoms with van der Waals surface area (Å²) in [6.45, 7) is 8.69. The van der Waals surface area contributed by atoms with Gasteiger partial charge in [0.1, 0.15) is 12.5 Å². The first-order chi connectivity index (χ1) is 16.6. The van der Waals surface area contributed by atoms with Gasteiger partial charge in [0.05, 0.1) is 42.9 Å². The zero-order valence-corrected chi connectivity index (χ0v) is 20.1. The average Bonchev–Trinajstić information content (AvgIpc) is 2.86. The molecule has 0 aliphatic heterocycles. The molecule has 0 saturated heterocycles. The van der Waals surface area contributed by atoms with E-state index in [-0.39, 0.29) is 13.3 Å². The lowest BCUT2D eigenvalue weighted by Crippen LogP contribution is -2.24. The van der Waals surface area contributed by atoms with E-state index in [1.54, 1.807) is 37.9 Å². The number of benzene rings is 1. The number of allylic oxidation sites excluding steroid dienone is 5. The Kier molecular flexibility index (Phi) is 11.4. The SMILES string of the molecule is C=C/C(=C\NCO)c1cnc2ccc(N(CCCO)C(/C=C(\C=C\OC)OCC)=C/C)cc2n1. The van der Waals surface area contributed by atoms with Crippen molar-refractivity contribution in [3.63, 3.8) is 0 Å². The van der Waals surface area contributed by atoms with Crippen LogP contribution < -0.4 is 10.2 Å². The molecule has 0 bridgehead atoms. The number of anilines is 1. The normalized spacial score (nSPS) is 12.8. The van der Waals surface area contributed by atoms with Crippen LogP contribution in [0.2, 0.25) is 0 Å². The molecular weight excluding hydrogens is 432 g/mol. The van der Waals surface area contributed by atoms with Crippen molar-refractivity contribution in [3.8, 4) is 0 Å². The molecule has 0 saturated carbocycles. The molecule has 182 valence electrons. The maximum absolute atomic E-state index is 9.49. The Morgan fingerprint density at radius 3 is 2.74 bits per heavy atom. The van der Waals surface area contributed by atoms with Crippen molar-refractivity contribution in [2.45, 2.75) is 20.3 Å². The van der Waals surface area contributed by atoms with E-state index in [9.17, 15) is 5.11 Å². The van der Waals surface area contributed by atoms with Crippen molar-refractivity contribution < 1.29 is 19.7 Å². The molecule has 2 aromatic rings. The molecule has 2 rings (SSSR count). The van der Waals surface area contributed by atoms with Gasteiger partial charge in [-0.3, -0.25) is 4.98 Å². The molecule has 0 fully saturated rings. The highest BCUT2D eigenvalue weighted by Crippen LogP contribution is 2.26. The Balaban J connectivity index is 2.53. The largest absolute Gasteiger partial charge is 0.504 e. The lowest BCUT2D eigenvalue weighted by atomic mass is 10.1. The van der Waals surface area contributed by atoms with E-state index >= 15 is 0 Å². The quantitative estimate of drug-likeness (QED) is 0.219. The van der Waals surface area contributed by atoms with Crippen molar-refractivity contribution in [3.05, 3.63) is 84.9 Å². The molecule has 0 spiro atoms. The number of aliphatic hydroxyl groups is 2. The van der Waals surface area contributed by atoms with Crippen LogP contribution in [0.1, 0.15) is 26.0 Å².